The van der Waals surface area contributed by atoms with Crippen LogP contribution in [0.5, 0.6) is 0 Å². The Balaban J connectivity index is 1.62. The Morgan fingerprint density at radius 3 is 2.58 bits per heavy atom. The number of thioether (sulfide) groups is 1. The van der Waals surface area contributed by atoms with Gasteiger partial charge in [-0.15, -0.1) is 0 Å². The van der Waals surface area contributed by atoms with Crippen LogP contribution < -0.4 is 20.9 Å². The van der Waals surface area contributed by atoms with E-state index in [0.29, 0.717) is 5.75 Å². The molecule has 3 aliphatic heterocycles. The van der Waals surface area contributed by atoms with Crippen LogP contribution in [0.2, 0.25) is 0 Å². The summed E-state index contributed by atoms with van der Waals surface area (Å²) in [5.41, 5.74) is 6.37. The summed E-state index contributed by atoms with van der Waals surface area (Å²) in [6.45, 7) is 0.718. The monoisotopic (exact) mass is 436 g/mol. The second kappa shape index (κ2) is 7.12. The third-order valence-electron chi connectivity index (χ3n) is 6.29. The number of para-hydroxylation sites is 1. The molecule has 0 unspecified atom stereocenters. The number of anilines is 2. The fraction of sp³-hybridized carbons (Fsp3) is 0.273. The van der Waals surface area contributed by atoms with Crippen molar-refractivity contribution in [2.24, 2.45) is 11.1 Å². The van der Waals surface area contributed by atoms with Gasteiger partial charge in [-0.05, 0) is 42.3 Å². The molecule has 5 rings (SSSR count). The van der Waals surface area contributed by atoms with E-state index < -0.39 is 29.2 Å². The Kier molecular flexibility index (Phi) is 4.51. The van der Waals surface area contributed by atoms with Crippen molar-refractivity contribution in [2.75, 3.05) is 27.9 Å². The lowest BCUT2D eigenvalue weighted by atomic mass is 9.69. The Morgan fingerprint density at radius 2 is 1.84 bits per heavy atom. The Hall–Kier alpha value is -3.33. The molecule has 0 saturated carbocycles. The number of barbiturate groups is 1. The first kappa shape index (κ1) is 19.6. The Morgan fingerprint density at radius 1 is 1.10 bits per heavy atom. The molecule has 3 N–H and O–H groups in total. The maximum atomic E-state index is 13.9. The fourth-order valence-electron chi connectivity index (χ4n) is 4.77. The average Bonchev–Trinajstić information content (AvgIpc) is 2.78. The molecule has 2 atom stereocenters. The van der Waals surface area contributed by atoms with E-state index in [1.807, 2.05) is 24.3 Å². The van der Waals surface area contributed by atoms with Gasteiger partial charge in [0.05, 0.1) is 11.7 Å². The van der Waals surface area contributed by atoms with Crippen molar-refractivity contribution in [1.82, 2.24) is 5.32 Å². The average molecular weight is 436 g/mol. The molecule has 3 heterocycles. The molecule has 31 heavy (non-hydrogen) atoms. The van der Waals surface area contributed by atoms with E-state index in [1.54, 1.807) is 11.8 Å². The number of amides is 5. The van der Waals surface area contributed by atoms with Crippen molar-refractivity contribution >= 4 is 46.9 Å². The number of urea groups is 1. The van der Waals surface area contributed by atoms with Crippen LogP contribution in [-0.2, 0) is 16.0 Å². The van der Waals surface area contributed by atoms with Gasteiger partial charge < -0.3 is 10.6 Å². The number of fused-ring (bicyclic) bond motifs is 4. The van der Waals surface area contributed by atoms with Crippen LogP contribution in [0.15, 0.2) is 48.5 Å². The van der Waals surface area contributed by atoms with Crippen molar-refractivity contribution in [3.63, 3.8) is 0 Å². The Bertz CT molecular complexity index is 1120. The quantitative estimate of drug-likeness (QED) is 0.691. The highest BCUT2D eigenvalue weighted by Crippen LogP contribution is 2.47. The summed E-state index contributed by atoms with van der Waals surface area (Å²) in [4.78, 5) is 54.5. The van der Waals surface area contributed by atoms with Crippen LogP contribution in [0.25, 0.3) is 0 Å². The number of carbonyl (C=O) groups excluding carboxylic acids is 4. The second-order valence-electron chi connectivity index (χ2n) is 7.87. The number of primary amides is 1. The first-order valence-corrected chi connectivity index (χ1v) is 11.1. The molecule has 9 heteroatoms. The van der Waals surface area contributed by atoms with Crippen LogP contribution >= 0.6 is 11.8 Å². The molecule has 2 saturated heterocycles. The minimum absolute atomic E-state index is 0.221. The van der Waals surface area contributed by atoms with Gasteiger partial charge in [-0.1, -0.05) is 18.2 Å². The SMILES string of the molecule is NC(=O)c1ccc(N2C(=O)NC(=O)[C@@]3(Cc4ccccc4N4CCSC[C@H]43)C2=O)cc1. The first-order chi connectivity index (χ1) is 14.9. The molecule has 0 aromatic heterocycles. The van der Waals surface area contributed by atoms with Crippen LogP contribution in [0.4, 0.5) is 16.2 Å². The van der Waals surface area contributed by atoms with E-state index in [2.05, 4.69) is 10.2 Å². The second-order valence-corrected chi connectivity index (χ2v) is 9.02. The minimum atomic E-state index is -1.42. The van der Waals surface area contributed by atoms with E-state index in [0.717, 1.165) is 28.4 Å². The molecule has 1 spiro atoms. The Labute approximate surface area is 182 Å². The molecular formula is C22H20N4O4S. The fourth-order valence-corrected chi connectivity index (χ4v) is 5.95. The van der Waals surface area contributed by atoms with E-state index in [4.69, 9.17) is 5.73 Å². The summed E-state index contributed by atoms with van der Waals surface area (Å²) in [5.74, 6) is -0.199. The van der Waals surface area contributed by atoms with Crippen molar-refractivity contribution in [2.45, 2.75) is 12.5 Å². The third kappa shape index (κ3) is 2.83. The molecule has 158 valence electrons. The van der Waals surface area contributed by atoms with Gasteiger partial charge in [-0.3, -0.25) is 19.7 Å². The number of benzene rings is 2. The number of nitrogens with two attached hydrogens (primary N) is 1. The van der Waals surface area contributed by atoms with Crippen LogP contribution in [0.3, 0.4) is 0 Å². The highest BCUT2D eigenvalue weighted by molar-refractivity contribution is 7.99. The lowest BCUT2D eigenvalue weighted by Crippen LogP contribution is -2.73. The molecule has 3 aliphatic rings. The zero-order valence-corrected chi connectivity index (χ0v) is 17.4. The zero-order valence-electron chi connectivity index (χ0n) is 16.5. The summed E-state index contributed by atoms with van der Waals surface area (Å²) in [6.07, 6.45) is 0.221. The number of hydrogen-bond acceptors (Lipinski definition) is 6. The molecule has 0 radical (unpaired) electrons. The summed E-state index contributed by atoms with van der Waals surface area (Å²) in [5, 5.41) is 2.42. The summed E-state index contributed by atoms with van der Waals surface area (Å²) in [6, 6.07) is 12.5. The molecule has 2 aromatic rings. The highest BCUT2D eigenvalue weighted by Gasteiger charge is 2.62. The van der Waals surface area contributed by atoms with Gasteiger partial charge in [0, 0.05) is 29.3 Å². The van der Waals surface area contributed by atoms with Crippen LogP contribution in [0, 0.1) is 5.41 Å². The normalized spacial score (nSPS) is 25.2. The van der Waals surface area contributed by atoms with Gasteiger partial charge in [0.2, 0.25) is 11.8 Å². The van der Waals surface area contributed by atoms with Crippen molar-refractivity contribution < 1.29 is 19.2 Å². The van der Waals surface area contributed by atoms with E-state index in [9.17, 15) is 19.2 Å². The third-order valence-corrected chi connectivity index (χ3v) is 7.31. The van der Waals surface area contributed by atoms with Crippen molar-refractivity contribution in [1.29, 1.82) is 0 Å². The number of nitrogens with one attached hydrogen (secondary N) is 1. The maximum absolute atomic E-state index is 13.9. The summed E-state index contributed by atoms with van der Waals surface area (Å²) in [7, 11) is 0. The number of imide groups is 2. The largest absolute Gasteiger partial charge is 0.366 e. The van der Waals surface area contributed by atoms with Gasteiger partial charge >= 0.3 is 6.03 Å². The van der Waals surface area contributed by atoms with Gasteiger partial charge in [0.15, 0.2) is 5.41 Å². The van der Waals surface area contributed by atoms with Crippen molar-refractivity contribution in [3.8, 4) is 0 Å². The number of rotatable bonds is 2. The standard InChI is InChI=1S/C22H20N4O4S/c23-18(27)13-5-7-15(8-6-13)26-20(29)22(19(28)24-21(26)30)11-14-3-1-2-4-16(14)25-9-10-31-12-17(22)25/h1-8,17H,9-12H2,(H2,23,27)(H,24,28,30)/t17-,22-/m0/s1. The van der Waals surface area contributed by atoms with E-state index in [-0.39, 0.29) is 23.7 Å². The highest BCUT2D eigenvalue weighted by atomic mass is 32.2. The zero-order chi connectivity index (χ0) is 21.8. The predicted octanol–water partition coefficient (Wildman–Crippen LogP) is 1.53. The lowest BCUT2D eigenvalue weighted by molar-refractivity contribution is -0.144. The molecule has 0 bridgehead atoms. The van der Waals surface area contributed by atoms with E-state index >= 15 is 0 Å². The topological polar surface area (TPSA) is 113 Å². The maximum Gasteiger partial charge on any atom is 0.335 e. The summed E-state index contributed by atoms with van der Waals surface area (Å²) >= 11 is 1.70. The van der Waals surface area contributed by atoms with Crippen LogP contribution in [0.1, 0.15) is 15.9 Å². The molecular weight excluding hydrogens is 416 g/mol. The van der Waals surface area contributed by atoms with Crippen molar-refractivity contribution in [3.05, 3.63) is 59.7 Å². The van der Waals surface area contributed by atoms with E-state index in [1.165, 1.54) is 24.3 Å². The van der Waals surface area contributed by atoms with Crippen LogP contribution in [-0.4, -0.2) is 47.8 Å². The smallest absolute Gasteiger partial charge is 0.335 e. The van der Waals surface area contributed by atoms with Gasteiger partial charge in [-0.2, -0.15) is 11.8 Å². The molecule has 8 nitrogen and oxygen atoms in total. The lowest BCUT2D eigenvalue weighted by Gasteiger charge is -2.53. The molecule has 2 aromatic carbocycles. The van der Waals surface area contributed by atoms with Gasteiger partial charge in [0.25, 0.3) is 5.91 Å². The predicted molar refractivity (Wildman–Crippen MR) is 117 cm³/mol. The molecule has 0 aliphatic carbocycles. The summed E-state index contributed by atoms with van der Waals surface area (Å²) < 4.78 is 0. The minimum Gasteiger partial charge on any atom is -0.366 e. The number of carbonyl (C=O) groups is 4. The molecule has 2 fully saturated rings. The van der Waals surface area contributed by atoms with Gasteiger partial charge in [-0.25, -0.2) is 9.69 Å². The first-order valence-electron chi connectivity index (χ1n) is 9.95. The van der Waals surface area contributed by atoms with Gasteiger partial charge in [0.1, 0.15) is 0 Å². The number of hydrogen-bond donors (Lipinski definition) is 2. The number of nitrogens with zero attached hydrogens (tertiary/aromatic N) is 2. The molecule has 5 amide bonds.